The van der Waals surface area contributed by atoms with E-state index in [0.29, 0.717) is 10.6 Å². The SMILES string of the molecule is CCC1(CC)CCN(c2cc(Cl)nc(C)n2)C1. The summed E-state index contributed by atoms with van der Waals surface area (Å²) in [6.07, 6.45) is 3.72. The fraction of sp³-hybridized carbons (Fsp3) is 0.692. The Hall–Kier alpha value is -0.830. The Bertz CT molecular complexity index is 381. The minimum atomic E-state index is 0.464. The average Bonchev–Trinajstić information content (AvgIpc) is 2.73. The first-order chi connectivity index (χ1) is 8.08. The zero-order valence-electron chi connectivity index (χ0n) is 10.8. The molecule has 1 aromatic heterocycles. The highest BCUT2D eigenvalue weighted by atomic mass is 35.5. The second-order valence-electron chi connectivity index (χ2n) is 4.97. The summed E-state index contributed by atoms with van der Waals surface area (Å²) in [4.78, 5) is 10.9. The lowest BCUT2D eigenvalue weighted by molar-refractivity contribution is 0.301. The number of halogens is 1. The molecule has 1 aliphatic heterocycles. The van der Waals surface area contributed by atoms with Crippen molar-refractivity contribution in [3.63, 3.8) is 0 Å². The van der Waals surface area contributed by atoms with Crippen LogP contribution in [-0.4, -0.2) is 23.1 Å². The van der Waals surface area contributed by atoms with Gasteiger partial charge in [0.05, 0.1) is 0 Å². The normalized spacial score (nSPS) is 18.7. The van der Waals surface area contributed by atoms with Gasteiger partial charge in [0.25, 0.3) is 0 Å². The monoisotopic (exact) mass is 253 g/mol. The molecule has 1 aliphatic rings. The molecule has 1 fully saturated rings. The van der Waals surface area contributed by atoms with Gasteiger partial charge < -0.3 is 4.90 Å². The summed E-state index contributed by atoms with van der Waals surface area (Å²) in [6.45, 7) is 8.62. The molecule has 1 aromatic rings. The highest BCUT2D eigenvalue weighted by molar-refractivity contribution is 6.29. The molecule has 0 amide bonds. The number of rotatable bonds is 3. The van der Waals surface area contributed by atoms with Crippen LogP contribution in [-0.2, 0) is 0 Å². The van der Waals surface area contributed by atoms with Gasteiger partial charge in [-0.15, -0.1) is 0 Å². The fourth-order valence-corrected chi connectivity index (χ4v) is 2.86. The largest absolute Gasteiger partial charge is 0.356 e. The maximum Gasteiger partial charge on any atom is 0.134 e. The quantitative estimate of drug-likeness (QED) is 0.773. The summed E-state index contributed by atoms with van der Waals surface area (Å²) in [7, 11) is 0. The van der Waals surface area contributed by atoms with Gasteiger partial charge in [0.1, 0.15) is 16.8 Å². The van der Waals surface area contributed by atoms with E-state index in [2.05, 4.69) is 28.7 Å². The Kier molecular flexibility index (Phi) is 3.57. The first kappa shape index (κ1) is 12.6. The van der Waals surface area contributed by atoms with Crippen molar-refractivity contribution in [2.75, 3.05) is 18.0 Å². The van der Waals surface area contributed by atoms with Crippen LogP contribution in [0.1, 0.15) is 38.9 Å². The van der Waals surface area contributed by atoms with Crippen molar-refractivity contribution in [2.45, 2.75) is 40.0 Å². The van der Waals surface area contributed by atoms with Gasteiger partial charge in [-0.2, -0.15) is 0 Å². The van der Waals surface area contributed by atoms with Crippen molar-refractivity contribution < 1.29 is 0 Å². The standard InChI is InChI=1S/C13H20ClN3/c1-4-13(5-2)6-7-17(9-13)12-8-11(14)15-10(3)16-12/h8H,4-7,9H2,1-3H3. The Morgan fingerprint density at radius 2 is 2.06 bits per heavy atom. The molecule has 0 bridgehead atoms. The Morgan fingerprint density at radius 1 is 1.35 bits per heavy atom. The van der Waals surface area contributed by atoms with Gasteiger partial charge in [-0.25, -0.2) is 9.97 Å². The summed E-state index contributed by atoms with van der Waals surface area (Å²) >= 11 is 5.99. The third kappa shape index (κ3) is 2.54. The van der Waals surface area contributed by atoms with E-state index < -0.39 is 0 Å². The van der Waals surface area contributed by atoms with Crippen molar-refractivity contribution in [1.29, 1.82) is 0 Å². The average molecular weight is 254 g/mol. The predicted molar refractivity (Wildman–Crippen MR) is 71.6 cm³/mol. The van der Waals surface area contributed by atoms with Crippen LogP contribution < -0.4 is 4.90 Å². The smallest absolute Gasteiger partial charge is 0.134 e. The van der Waals surface area contributed by atoms with Crippen LogP contribution in [0.2, 0.25) is 5.15 Å². The molecule has 0 atom stereocenters. The molecule has 0 spiro atoms. The first-order valence-corrected chi connectivity index (χ1v) is 6.72. The molecule has 17 heavy (non-hydrogen) atoms. The molecule has 1 saturated heterocycles. The van der Waals surface area contributed by atoms with Gasteiger partial charge in [0, 0.05) is 19.2 Å². The molecule has 2 rings (SSSR count). The lowest BCUT2D eigenvalue weighted by Crippen LogP contribution is -2.26. The number of nitrogens with zero attached hydrogens (tertiary/aromatic N) is 3. The van der Waals surface area contributed by atoms with Crippen molar-refractivity contribution in [3.05, 3.63) is 17.0 Å². The van der Waals surface area contributed by atoms with E-state index in [-0.39, 0.29) is 0 Å². The summed E-state index contributed by atoms with van der Waals surface area (Å²) in [5.41, 5.74) is 0.464. The van der Waals surface area contributed by atoms with E-state index in [1.807, 2.05) is 13.0 Å². The van der Waals surface area contributed by atoms with Crippen LogP contribution in [0.3, 0.4) is 0 Å². The summed E-state index contributed by atoms with van der Waals surface area (Å²) < 4.78 is 0. The summed E-state index contributed by atoms with van der Waals surface area (Å²) in [5, 5.41) is 0.540. The van der Waals surface area contributed by atoms with Crippen molar-refractivity contribution in [3.8, 4) is 0 Å². The van der Waals surface area contributed by atoms with E-state index >= 15 is 0 Å². The van der Waals surface area contributed by atoms with Gasteiger partial charge in [-0.05, 0) is 31.6 Å². The van der Waals surface area contributed by atoms with Gasteiger partial charge in [-0.1, -0.05) is 25.4 Å². The number of hydrogen-bond acceptors (Lipinski definition) is 3. The molecule has 2 heterocycles. The minimum Gasteiger partial charge on any atom is -0.356 e. The van der Waals surface area contributed by atoms with Gasteiger partial charge in [0.15, 0.2) is 0 Å². The van der Waals surface area contributed by atoms with Gasteiger partial charge in [0.2, 0.25) is 0 Å². The fourth-order valence-electron chi connectivity index (χ4n) is 2.64. The molecule has 0 N–H and O–H groups in total. The van der Waals surface area contributed by atoms with Gasteiger partial charge >= 0.3 is 0 Å². The zero-order valence-corrected chi connectivity index (χ0v) is 11.6. The molecule has 4 heteroatoms. The number of aromatic nitrogens is 2. The number of hydrogen-bond donors (Lipinski definition) is 0. The topological polar surface area (TPSA) is 29.0 Å². The maximum absolute atomic E-state index is 5.99. The Morgan fingerprint density at radius 3 is 2.59 bits per heavy atom. The molecule has 0 saturated carbocycles. The summed E-state index contributed by atoms with van der Waals surface area (Å²) in [6, 6.07) is 1.87. The van der Waals surface area contributed by atoms with Crippen molar-refractivity contribution in [1.82, 2.24) is 9.97 Å². The molecule has 94 valence electrons. The van der Waals surface area contributed by atoms with Crippen molar-refractivity contribution >= 4 is 17.4 Å². The van der Waals surface area contributed by atoms with E-state index in [9.17, 15) is 0 Å². The third-order valence-corrected chi connectivity index (χ3v) is 4.25. The summed E-state index contributed by atoms with van der Waals surface area (Å²) in [5.74, 6) is 1.73. The van der Waals surface area contributed by atoms with Gasteiger partial charge in [-0.3, -0.25) is 0 Å². The second-order valence-corrected chi connectivity index (χ2v) is 5.36. The first-order valence-electron chi connectivity index (χ1n) is 6.35. The van der Waals surface area contributed by atoms with Crippen LogP contribution in [0.4, 0.5) is 5.82 Å². The number of anilines is 1. The molecule has 0 unspecified atom stereocenters. The lowest BCUT2D eigenvalue weighted by atomic mass is 9.82. The molecule has 0 aromatic carbocycles. The van der Waals surface area contributed by atoms with E-state index in [0.717, 1.165) is 24.7 Å². The maximum atomic E-state index is 5.99. The third-order valence-electron chi connectivity index (χ3n) is 4.06. The van der Waals surface area contributed by atoms with Crippen LogP contribution in [0.15, 0.2) is 6.07 Å². The molecular weight excluding hydrogens is 234 g/mol. The number of aryl methyl sites for hydroxylation is 1. The van der Waals surface area contributed by atoms with E-state index in [1.54, 1.807) is 0 Å². The van der Waals surface area contributed by atoms with Crippen LogP contribution >= 0.6 is 11.6 Å². The highest BCUT2D eigenvalue weighted by Crippen LogP contribution is 2.38. The zero-order chi connectivity index (χ0) is 12.5. The molecule has 3 nitrogen and oxygen atoms in total. The van der Waals surface area contributed by atoms with Crippen LogP contribution in [0, 0.1) is 12.3 Å². The predicted octanol–water partition coefficient (Wildman–Crippen LogP) is 3.45. The van der Waals surface area contributed by atoms with E-state index in [4.69, 9.17) is 11.6 Å². The Balaban J connectivity index is 2.20. The van der Waals surface area contributed by atoms with Crippen LogP contribution in [0.5, 0.6) is 0 Å². The lowest BCUT2D eigenvalue weighted by Gasteiger charge is -2.26. The van der Waals surface area contributed by atoms with Crippen molar-refractivity contribution in [2.24, 2.45) is 5.41 Å². The second kappa shape index (κ2) is 4.81. The van der Waals surface area contributed by atoms with Crippen LogP contribution in [0.25, 0.3) is 0 Å². The molecule has 0 radical (unpaired) electrons. The molecule has 0 aliphatic carbocycles. The highest BCUT2D eigenvalue weighted by Gasteiger charge is 2.35. The molecular formula is C13H20ClN3. The Labute approximate surface area is 108 Å². The van der Waals surface area contributed by atoms with E-state index in [1.165, 1.54) is 19.3 Å². The minimum absolute atomic E-state index is 0.464.